The predicted octanol–water partition coefficient (Wildman–Crippen LogP) is 18.2. The van der Waals surface area contributed by atoms with Gasteiger partial charge in [0.2, 0.25) is 0 Å². The topological polar surface area (TPSA) is 61.8 Å². The summed E-state index contributed by atoms with van der Waals surface area (Å²) >= 11 is 0. The maximum absolute atomic E-state index is 12.8. The van der Waals surface area contributed by atoms with E-state index in [1.807, 2.05) is 0 Å². The molecule has 0 amide bonds. The van der Waals surface area contributed by atoms with Gasteiger partial charge in [-0.15, -0.1) is 0 Å². The first-order valence-corrected chi connectivity index (χ1v) is 26.8. The Hall–Kier alpha value is -3.18. The molecule has 0 N–H and O–H groups in total. The van der Waals surface area contributed by atoms with Gasteiger partial charge in [0, 0.05) is 19.4 Å². The molecular weight excluding hydrogens is 789 g/mol. The number of allylic oxidation sites excluding steroid dienone is 16. The number of esters is 2. The molecule has 0 aromatic carbocycles. The van der Waals surface area contributed by atoms with Gasteiger partial charge in [-0.25, -0.2) is 0 Å². The fraction of sp³-hybridized carbons (Fsp3) is 0.695. The van der Waals surface area contributed by atoms with Crippen LogP contribution in [0.25, 0.3) is 0 Å². The molecule has 0 aromatic heterocycles. The molecule has 0 aliphatic carbocycles. The number of unbranched alkanes of at least 4 members (excludes halogenated alkanes) is 21. The van der Waals surface area contributed by atoms with Crippen LogP contribution in [-0.2, 0) is 23.8 Å². The molecule has 1 unspecified atom stereocenters. The van der Waals surface area contributed by atoms with Crippen LogP contribution in [-0.4, -0.2) is 37.9 Å². The van der Waals surface area contributed by atoms with Gasteiger partial charge in [0.25, 0.3) is 0 Å². The Morgan fingerprint density at radius 1 is 0.359 bits per heavy atom. The van der Waals surface area contributed by atoms with Gasteiger partial charge in [-0.05, 0) is 96.3 Å². The van der Waals surface area contributed by atoms with E-state index in [4.69, 9.17) is 14.2 Å². The largest absolute Gasteiger partial charge is 0.462 e. The Balaban J connectivity index is 4.36. The average Bonchev–Trinajstić information content (AvgIpc) is 3.30. The van der Waals surface area contributed by atoms with Gasteiger partial charge in [0.05, 0.1) is 6.61 Å². The fourth-order valence-corrected chi connectivity index (χ4v) is 7.20. The summed E-state index contributed by atoms with van der Waals surface area (Å²) in [6, 6.07) is 0. The molecule has 0 aromatic rings. The van der Waals surface area contributed by atoms with Crippen molar-refractivity contribution in [1.82, 2.24) is 0 Å². The molecule has 0 saturated heterocycles. The smallest absolute Gasteiger partial charge is 0.306 e. The molecule has 1 atom stereocenters. The standard InChI is InChI=1S/C59H100O5/c1-4-7-10-13-16-19-22-25-27-29-31-33-36-39-42-45-48-51-54-62-55-57(64-59(61)53-50-47-44-41-38-34-24-21-18-15-12-9-6-3)56-63-58(60)52-49-46-43-40-37-35-32-30-28-26-23-20-17-14-11-8-5-2/h7,9-10,12,16,18-19,21,25,27,31,33-34,38-39,42,57H,4-6,8,11,13-15,17,20,22-24,26,28-30,32,35-37,40-41,43-56H2,1-3H3/b10-7-,12-9-,19-16-,21-18-,27-25-,33-31-,38-34-,42-39-. The van der Waals surface area contributed by atoms with Gasteiger partial charge in [0.15, 0.2) is 6.10 Å². The summed E-state index contributed by atoms with van der Waals surface area (Å²) in [5, 5.41) is 0. The van der Waals surface area contributed by atoms with Crippen molar-refractivity contribution < 1.29 is 23.8 Å². The number of hydrogen-bond acceptors (Lipinski definition) is 5. The second-order valence-electron chi connectivity index (χ2n) is 17.4. The van der Waals surface area contributed by atoms with Crippen LogP contribution in [0.4, 0.5) is 0 Å². The second-order valence-corrected chi connectivity index (χ2v) is 17.4. The number of rotatable bonds is 48. The lowest BCUT2D eigenvalue weighted by Crippen LogP contribution is -2.30. The van der Waals surface area contributed by atoms with Crippen LogP contribution in [0.1, 0.15) is 239 Å². The minimum Gasteiger partial charge on any atom is -0.462 e. The fourth-order valence-electron chi connectivity index (χ4n) is 7.20. The average molecular weight is 889 g/mol. The van der Waals surface area contributed by atoms with E-state index in [1.54, 1.807) is 0 Å². The summed E-state index contributed by atoms with van der Waals surface area (Å²) < 4.78 is 17.4. The quantitative estimate of drug-likeness (QED) is 0.0346. The maximum Gasteiger partial charge on any atom is 0.306 e. The van der Waals surface area contributed by atoms with Crippen LogP contribution in [0.2, 0.25) is 0 Å². The van der Waals surface area contributed by atoms with E-state index in [0.29, 0.717) is 19.4 Å². The molecule has 0 spiro atoms. The third-order valence-electron chi connectivity index (χ3n) is 11.1. The van der Waals surface area contributed by atoms with Crippen LogP contribution in [0, 0.1) is 0 Å². The highest BCUT2D eigenvalue weighted by Gasteiger charge is 2.17. The summed E-state index contributed by atoms with van der Waals surface area (Å²) in [6.45, 7) is 7.48. The molecule has 0 aliphatic rings. The van der Waals surface area contributed by atoms with Gasteiger partial charge in [-0.2, -0.15) is 0 Å². The molecule has 0 bridgehead atoms. The lowest BCUT2D eigenvalue weighted by Gasteiger charge is -2.18. The molecule has 0 radical (unpaired) electrons. The highest BCUT2D eigenvalue weighted by molar-refractivity contribution is 5.70. The Morgan fingerprint density at radius 2 is 0.703 bits per heavy atom. The van der Waals surface area contributed by atoms with Crippen LogP contribution in [0.5, 0.6) is 0 Å². The van der Waals surface area contributed by atoms with Gasteiger partial charge >= 0.3 is 11.9 Å². The Bertz CT molecular complexity index is 1230. The van der Waals surface area contributed by atoms with Crippen molar-refractivity contribution >= 4 is 11.9 Å². The molecule has 5 nitrogen and oxygen atoms in total. The molecule has 0 fully saturated rings. The highest BCUT2D eigenvalue weighted by Crippen LogP contribution is 2.15. The second kappa shape index (κ2) is 54.2. The zero-order valence-corrected chi connectivity index (χ0v) is 42.0. The van der Waals surface area contributed by atoms with E-state index in [-0.39, 0.29) is 25.2 Å². The lowest BCUT2D eigenvalue weighted by molar-refractivity contribution is -0.163. The summed E-state index contributed by atoms with van der Waals surface area (Å²) in [5.74, 6) is -0.454. The molecule has 5 heteroatoms. The van der Waals surface area contributed by atoms with Crippen LogP contribution in [0.3, 0.4) is 0 Å². The van der Waals surface area contributed by atoms with Gasteiger partial charge in [-0.3, -0.25) is 9.59 Å². The van der Waals surface area contributed by atoms with E-state index in [2.05, 4.69) is 118 Å². The Labute approximate surface area is 396 Å². The van der Waals surface area contributed by atoms with Crippen molar-refractivity contribution in [3.8, 4) is 0 Å². The zero-order valence-electron chi connectivity index (χ0n) is 42.0. The minimum atomic E-state index is -0.577. The van der Waals surface area contributed by atoms with Gasteiger partial charge in [0.1, 0.15) is 6.61 Å². The van der Waals surface area contributed by atoms with E-state index in [1.165, 1.54) is 96.3 Å². The first-order valence-electron chi connectivity index (χ1n) is 26.8. The normalized spacial score (nSPS) is 13.0. The van der Waals surface area contributed by atoms with Crippen molar-refractivity contribution in [3.63, 3.8) is 0 Å². The van der Waals surface area contributed by atoms with Crippen LogP contribution < -0.4 is 0 Å². The minimum absolute atomic E-state index is 0.0533. The number of carbonyl (C=O) groups is 2. The van der Waals surface area contributed by atoms with Crippen molar-refractivity contribution in [2.75, 3.05) is 19.8 Å². The third kappa shape index (κ3) is 51.5. The van der Waals surface area contributed by atoms with Crippen molar-refractivity contribution in [1.29, 1.82) is 0 Å². The van der Waals surface area contributed by atoms with E-state index < -0.39 is 6.10 Å². The summed E-state index contributed by atoms with van der Waals surface area (Å²) in [7, 11) is 0. The maximum atomic E-state index is 12.8. The van der Waals surface area contributed by atoms with Crippen LogP contribution in [0.15, 0.2) is 97.2 Å². The number of ether oxygens (including phenoxy) is 3. The van der Waals surface area contributed by atoms with E-state index in [9.17, 15) is 9.59 Å². The molecule has 0 heterocycles. The van der Waals surface area contributed by atoms with Gasteiger partial charge in [-0.1, -0.05) is 227 Å². The van der Waals surface area contributed by atoms with Crippen molar-refractivity contribution in [3.05, 3.63) is 97.2 Å². The lowest BCUT2D eigenvalue weighted by atomic mass is 10.0. The molecule has 0 saturated carbocycles. The van der Waals surface area contributed by atoms with Crippen molar-refractivity contribution in [2.24, 2.45) is 0 Å². The third-order valence-corrected chi connectivity index (χ3v) is 11.1. The highest BCUT2D eigenvalue weighted by atomic mass is 16.6. The van der Waals surface area contributed by atoms with Gasteiger partial charge < -0.3 is 14.2 Å². The molecule has 64 heavy (non-hydrogen) atoms. The Kier molecular flexibility index (Phi) is 51.5. The summed E-state index contributed by atoms with van der Waals surface area (Å²) in [6.07, 6.45) is 72.9. The van der Waals surface area contributed by atoms with E-state index >= 15 is 0 Å². The molecular formula is C59H100O5. The first kappa shape index (κ1) is 60.8. The summed E-state index contributed by atoms with van der Waals surface area (Å²) in [5.41, 5.74) is 0. The van der Waals surface area contributed by atoms with E-state index in [0.717, 1.165) is 109 Å². The van der Waals surface area contributed by atoms with Crippen molar-refractivity contribution in [2.45, 2.75) is 245 Å². The predicted molar refractivity (Wildman–Crippen MR) is 279 cm³/mol. The number of hydrogen-bond donors (Lipinski definition) is 0. The zero-order chi connectivity index (χ0) is 46.3. The SMILES string of the molecule is CC/C=C\C/C=C\C/C=C\C/C=C\C/C=C\CCCCOCC(COC(=O)CCCCCCCCCCCCCCCCCCC)OC(=O)CCCCC/C=C\C/C=C\C/C=C\CC. The molecule has 366 valence electrons. The molecule has 0 aliphatic heterocycles. The van der Waals surface area contributed by atoms with Crippen LogP contribution >= 0.6 is 0 Å². The number of carbonyl (C=O) groups excluding carboxylic acids is 2. The first-order chi connectivity index (χ1) is 31.6. The monoisotopic (exact) mass is 889 g/mol. The Morgan fingerprint density at radius 3 is 1.12 bits per heavy atom. The molecule has 0 rings (SSSR count). The summed E-state index contributed by atoms with van der Waals surface area (Å²) in [4.78, 5) is 25.4.